The lowest BCUT2D eigenvalue weighted by molar-refractivity contribution is 0.0952. The zero-order valence-electron chi connectivity index (χ0n) is 13.3. The number of rotatable bonds is 4. The van der Waals surface area contributed by atoms with Crippen LogP contribution in [-0.4, -0.2) is 31.8 Å². The Morgan fingerprint density at radius 2 is 2.00 bits per heavy atom. The Bertz CT molecular complexity index is 1100. The summed E-state index contributed by atoms with van der Waals surface area (Å²) in [5, 5.41) is 2.75. The van der Waals surface area contributed by atoms with Gasteiger partial charge in [0.2, 0.25) is 0 Å². The summed E-state index contributed by atoms with van der Waals surface area (Å²) in [6, 6.07) is 13.0. The summed E-state index contributed by atoms with van der Waals surface area (Å²) < 4.78 is 1.36. The standard InChI is InChI=1S/C18H15N5O2/c24-17(12-11-20-16-7-3-4-10-23(16)18(12)25)19-9-8-15-21-13-5-1-2-6-14(13)22-15/h1-7,10-11H,8-9H2,(H,19,24)(H,21,22). The van der Waals surface area contributed by atoms with Gasteiger partial charge in [-0.25, -0.2) is 9.97 Å². The fourth-order valence-corrected chi connectivity index (χ4v) is 2.70. The number of benzene rings is 1. The Balaban J connectivity index is 1.47. The second-order valence-corrected chi connectivity index (χ2v) is 5.61. The zero-order valence-corrected chi connectivity index (χ0v) is 13.3. The van der Waals surface area contributed by atoms with E-state index in [2.05, 4.69) is 20.3 Å². The number of nitrogens with zero attached hydrogens (tertiary/aromatic N) is 3. The van der Waals surface area contributed by atoms with E-state index in [0.29, 0.717) is 18.6 Å². The van der Waals surface area contributed by atoms with Crippen LogP contribution < -0.4 is 10.9 Å². The van der Waals surface area contributed by atoms with E-state index in [1.54, 1.807) is 24.4 Å². The van der Waals surface area contributed by atoms with E-state index in [0.717, 1.165) is 16.9 Å². The van der Waals surface area contributed by atoms with Crippen molar-refractivity contribution < 1.29 is 4.79 Å². The fourth-order valence-electron chi connectivity index (χ4n) is 2.70. The molecule has 124 valence electrons. The topological polar surface area (TPSA) is 92.2 Å². The monoisotopic (exact) mass is 333 g/mol. The van der Waals surface area contributed by atoms with Gasteiger partial charge in [0.05, 0.1) is 11.0 Å². The predicted molar refractivity (Wildman–Crippen MR) is 93.6 cm³/mol. The van der Waals surface area contributed by atoms with Crippen LogP contribution in [0.5, 0.6) is 0 Å². The number of nitrogens with one attached hydrogen (secondary N) is 2. The Hall–Kier alpha value is -3.48. The fraction of sp³-hybridized carbons (Fsp3) is 0.111. The van der Waals surface area contributed by atoms with Crippen LogP contribution in [0.15, 0.2) is 59.7 Å². The predicted octanol–water partition coefficient (Wildman–Crippen LogP) is 1.54. The summed E-state index contributed by atoms with van der Waals surface area (Å²) in [4.78, 5) is 36.4. The molecule has 0 saturated carbocycles. The summed E-state index contributed by atoms with van der Waals surface area (Å²) >= 11 is 0. The van der Waals surface area contributed by atoms with Crippen molar-refractivity contribution in [3.05, 3.63) is 76.6 Å². The van der Waals surface area contributed by atoms with Crippen molar-refractivity contribution in [2.75, 3.05) is 6.54 Å². The number of carbonyl (C=O) groups is 1. The van der Waals surface area contributed by atoms with Crippen LogP contribution in [0.25, 0.3) is 16.7 Å². The number of para-hydroxylation sites is 2. The highest BCUT2D eigenvalue weighted by Crippen LogP contribution is 2.10. The summed E-state index contributed by atoms with van der Waals surface area (Å²) in [7, 11) is 0. The van der Waals surface area contributed by atoms with Gasteiger partial charge in [0.15, 0.2) is 0 Å². The molecule has 0 unspecified atom stereocenters. The molecule has 3 aromatic heterocycles. The van der Waals surface area contributed by atoms with Crippen LogP contribution >= 0.6 is 0 Å². The van der Waals surface area contributed by atoms with E-state index in [1.165, 1.54) is 10.6 Å². The normalized spacial score (nSPS) is 11.0. The molecule has 7 nitrogen and oxygen atoms in total. The molecule has 4 aromatic rings. The second-order valence-electron chi connectivity index (χ2n) is 5.61. The number of hydrogen-bond donors (Lipinski definition) is 2. The van der Waals surface area contributed by atoms with Gasteiger partial charge in [-0.1, -0.05) is 18.2 Å². The van der Waals surface area contributed by atoms with Crippen LogP contribution in [0.2, 0.25) is 0 Å². The molecule has 3 heterocycles. The third-order valence-corrected chi connectivity index (χ3v) is 3.94. The maximum atomic E-state index is 12.4. The van der Waals surface area contributed by atoms with Crippen LogP contribution in [0.4, 0.5) is 0 Å². The van der Waals surface area contributed by atoms with E-state index in [9.17, 15) is 9.59 Å². The molecule has 0 aliphatic carbocycles. The second kappa shape index (κ2) is 6.20. The number of aromatic nitrogens is 4. The summed E-state index contributed by atoms with van der Waals surface area (Å²) in [6.45, 7) is 0.371. The lowest BCUT2D eigenvalue weighted by atomic mass is 10.3. The largest absolute Gasteiger partial charge is 0.351 e. The van der Waals surface area contributed by atoms with Gasteiger partial charge in [-0.2, -0.15) is 0 Å². The highest BCUT2D eigenvalue weighted by molar-refractivity contribution is 5.93. The van der Waals surface area contributed by atoms with Crippen LogP contribution in [0.3, 0.4) is 0 Å². The summed E-state index contributed by atoms with van der Waals surface area (Å²) in [5.41, 5.74) is 1.99. The number of aromatic amines is 1. The van der Waals surface area contributed by atoms with Crippen molar-refractivity contribution in [2.45, 2.75) is 6.42 Å². The quantitative estimate of drug-likeness (QED) is 0.592. The summed E-state index contributed by atoms with van der Waals surface area (Å²) in [6.07, 6.45) is 3.45. The summed E-state index contributed by atoms with van der Waals surface area (Å²) in [5.74, 6) is 0.349. The van der Waals surface area contributed by atoms with Crippen molar-refractivity contribution in [3.8, 4) is 0 Å². The molecule has 1 amide bonds. The minimum Gasteiger partial charge on any atom is -0.351 e. The molecule has 2 N–H and O–H groups in total. The Morgan fingerprint density at radius 1 is 1.16 bits per heavy atom. The van der Waals surface area contributed by atoms with Gasteiger partial charge in [-0.15, -0.1) is 0 Å². The molecule has 0 bridgehead atoms. The van der Waals surface area contributed by atoms with Gasteiger partial charge in [0.1, 0.15) is 17.0 Å². The average Bonchev–Trinajstić information content (AvgIpc) is 3.05. The van der Waals surface area contributed by atoms with Gasteiger partial charge in [0.25, 0.3) is 11.5 Å². The third-order valence-electron chi connectivity index (χ3n) is 3.94. The SMILES string of the molecule is O=C(NCCc1nc2ccccc2[nH]1)c1cnc2ccccn2c1=O. The minimum atomic E-state index is -0.438. The highest BCUT2D eigenvalue weighted by Gasteiger charge is 2.13. The van der Waals surface area contributed by atoms with Crippen LogP contribution in [-0.2, 0) is 6.42 Å². The molecule has 0 saturated heterocycles. The molecule has 0 aliphatic rings. The number of hydrogen-bond acceptors (Lipinski definition) is 4. The van der Waals surface area contributed by atoms with Crippen molar-refractivity contribution in [1.82, 2.24) is 24.7 Å². The van der Waals surface area contributed by atoms with Crippen LogP contribution in [0.1, 0.15) is 16.2 Å². The van der Waals surface area contributed by atoms with E-state index in [-0.39, 0.29) is 11.1 Å². The molecular formula is C18H15N5O2. The Morgan fingerprint density at radius 3 is 2.88 bits per heavy atom. The van der Waals surface area contributed by atoms with Crippen molar-refractivity contribution >= 4 is 22.6 Å². The van der Waals surface area contributed by atoms with Crippen molar-refractivity contribution in [1.29, 1.82) is 0 Å². The molecule has 1 aromatic carbocycles. The molecule has 0 fully saturated rings. The van der Waals surface area contributed by atoms with E-state index >= 15 is 0 Å². The maximum absolute atomic E-state index is 12.4. The average molecular weight is 333 g/mol. The lowest BCUT2D eigenvalue weighted by Gasteiger charge is -2.05. The first kappa shape index (κ1) is 15.1. The lowest BCUT2D eigenvalue weighted by Crippen LogP contribution is -2.32. The number of amides is 1. The molecule has 0 spiro atoms. The molecule has 0 radical (unpaired) electrons. The molecule has 25 heavy (non-hydrogen) atoms. The van der Waals surface area contributed by atoms with Gasteiger partial charge in [-0.05, 0) is 24.3 Å². The molecule has 0 aliphatic heterocycles. The van der Waals surface area contributed by atoms with E-state index in [4.69, 9.17) is 0 Å². The van der Waals surface area contributed by atoms with Gasteiger partial charge >= 0.3 is 0 Å². The van der Waals surface area contributed by atoms with E-state index in [1.807, 2.05) is 24.3 Å². The minimum absolute atomic E-state index is 0.0216. The number of pyridine rings is 1. The van der Waals surface area contributed by atoms with Crippen molar-refractivity contribution in [2.24, 2.45) is 0 Å². The van der Waals surface area contributed by atoms with Gasteiger partial charge in [0, 0.05) is 25.4 Å². The van der Waals surface area contributed by atoms with Crippen LogP contribution in [0, 0.1) is 0 Å². The van der Waals surface area contributed by atoms with Gasteiger partial charge < -0.3 is 10.3 Å². The number of imidazole rings is 1. The Labute approximate surface area is 142 Å². The van der Waals surface area contributed by atoms with E-state index < -0.39 is 5.91 Å². The first-order valence-corrected chi connectivity index (χ1v) is 7.90. The molecule has 4 rings (SSSR count). The first-order chi connectivity index (χ1) is 12.2. The number of carbonyl (C=O) groups excluding carboxylic acids is 1. The first-order valence-electron chi connectivity index (χ1n) is 7.90. The third kappa shape index (κ3) is 2.87. The number of fused-ring (bicyclic) bond motifs is 2. The highest BCUT2D eigenvalue weighted by atomic mass is 16.2. The number of H-pyrrole nitrogens is 1. The Kier molecular flexibility index (Phi) is 3.74. The van der Waals surface area contributed by atoms with Crippen molar-refractivity contribution in [3.63, 3.8) is 0 Å². The molecule has 0 atom stereocenters. The molecular weight excluding hydrogens is 318 g/mol. The zero-order chi connectivity index (χ0) is 17.2. The molecule has 7 heteroatoms. The smallest absolute Gasteiger partial charge is 0.270 e. The maximum Gasteiger partial charge on any atom is 0.270 e. The van der Waals surface area contributed by atoms with Gasteiger partial charge in [-0.3, -0.25) is 14.0 Å².